The van der Waals surface area contributed by atoms with E-state index in [4.69, 9.17) is 4.74 Å². The zero-order valence-corrected chi connectivity index (χ0v) is 11.7. The van der Waals surface area contributed by atoms with E-state index in [1.165, 1.54) is 0 Å². The van der Waals surface area contributed by atoms with Gasteiger partial charge in [-0.3, -0.25) is 0 Å². The van der Waals surface area contributed by atoms with Crippen LogP contribution in [-0.4, -0.2) is 37.4 Å². The maximum atomic E-state index is 10.6. The fraction of sp³-hybridized carbons (Fsp3) is 0.333. The van der Waals surface area contributed by atoms with E-state index in [1.807, 2.05) is 35.1 Å². The van der Waals surface area contributed by atoms with Gasteiger partial charge in [-0.15, -0.1) is 0 Å². The SMILES string of the molecule is COC[C@@H]1CN(B(C)O)c2cc3ccccc3c(O)c21. The summed E-state index contributed by atoms with van der Waals surface area (Å²) in [4.78, 5) is 1.91. The topological polar surface area (TPSA) is 52.9 Å². The fourth-order valence-corrected chi connectivity index (χ4v) is 3.09. The van der Waals surface area contributed by atoms with Crippen LogP contribution >= 0.6 is 0 Å². The maximum Gasteiger partial charge on any atom is 0.409 e. The highest BCUT2D eigenvalue weighted by atomic mass is 16.5. The number of phenolic OH excluding ortho intramolecular Hbond substituents is 1. The van der Waals surface area contributed by atoms with E-state index in [1.54, 1.807) is 13.9 Å². The van der Waals surface area contributed by atoms with Crippen molar-refractivity contribution in [3.05, 3.63) is 35.9 Å². The smallest absolute Gasteiger partial charge is 0.409 e. The number of benzene rings is 2. The van der Waals surface area contributed by atoms with Crippen LogP contribution in [0.15, 0.2) is 30.3 Å². The van der Waals surface area contributed by atoms with E-state index >= 15 is 0 Å². The number of rotatable bonds is 3. The van der Waals surface area contributed by atoms with Crippen molar-refractivity contribution < 1.29 is 14.9 Å². The summed E-state index contributed by atoms with van der Waals surface area (Å²) < 4.78 is 5.26. The van der Waals surface area contributed by atoms with Crippen LogP contribution in [-0.2, 0) is 4.74 Å². The molecule has 2 aromatic rings. The van der Waals surface area contributed by atoms with Gasteiger partial charge in [0.1, 0.15) is 5.75 Å². The van der Waals surface area contributed by atoms with E-state index in [2.05, 4.69) is 0 Å². The molecule has 0 aliphatic carbocycles. The van der Waals surface area contributed by atoms with Crippen molar-refractivity contribution in [2.24, 2.45) is 0 Å². The van der Waals surface area contributed by atoms with E-state index < -0.39 is 7.05 Å². The number of fused-ring (bicyclic) bond motifs is 2. The molecule has 4 nitrogen and oxygen atoms in total. The third kappa shape index (κ3) is 1.94. The number of hydrogen-bond donors (Lipinski definition) is 2. The average Bonchev–Trinajstić information content (AvgIpc) is 2.79. The molecular weight excluding hydrogens is 253 g/mol. The van der Waals surface area contributed by atoms with E-state index in [9.17, 15) is 10.1 Å². The van der Waals surface area contributed by atoms with Gasteiger partial charge in [0.25, 0.3) is 0 Å². The van der Waals surface area contributed by atoms with Crippen LogP contribution in [0, 0.1) is 0 Å². The van der Waals surface area contributed by atoms with Crippen molar-refractivity contribution >= 4 is 23.5 Å². The first-order valence-corrected chi connectivity index (χ1v) is 6.81. The molecule has 0 unspecified atom stereocenters. The van der Waals surface area contributed by atoms with Gasteiger partial charge in [-0.1, -0.05) is 24.3 Å². The normalized spacial score (nSPS) is 17.6. The molecular formula is C15H18BNO3. The Labute approximate surface area is 118 Å². The van der Waals surface area contributed by atoms with E-state index in [-0.39, 0.29) is 5.92 Å². The molecule has 0 amide bonds. The summed E-state index contributed by atoms with van der Waals surface area (Å²) in [7, 11) is 1.07. The molecule has 0 saturated heterocycles. The minimum atomic E-state index is -0.587. The molecule has 5 heteroatoms. The molecule has 0 saturated carbocycles. The molecule has 2 aromatic carbocycles. The molecule has 0 fully saturated rings. The van der Waals surface area contributed by atoms with Gasteiger partial charge >= 0.3 is 7.05 Å². The minimum Gasteiger partial charge on any atom is -0.507 e. The summed E-state index contributed by atoms with van der Waals surface area (Å²) in [5.41, 5.74) is 1.78. The summed E-state index contributed by atoms with van der Waals surface area (Å²) in [5, 5.41) is 22.4. The number of anilines is 1. The van der Waals surface area contributed by atoms with E-state index in [0.717, 1.165) is 22.0 Å². The Hall–Kier alpha value is -1.72. The maximum absolute atomic E-state index is 10.6. The third-order valence-electron chi connectivity index (χ3n) is 3.99. The lowest BCUT2D eigenvalue weighted by atomic mass is 9.85. The first-order chi connectivity index (χ1) is 9.63. The Morgan fingerprint density at radius 1 is 1.40 bits per heavy atom. The van der Waals surface area contributed by atoms with Crippen LogP contribution in [0.5, 0.6) is 5.75 Å². The monoisotopic (exact) mass is 271 g/mol. The number of ether oxygens (including phenoxy) is 1. The third-order valence-corrected chi connectivity index (χ3v) is 3.99. The van der Waals surface area contributed by atoms with Gasteiger partial charge in [0.2, 0.25) is 0 Å². The molecule has 1 atom stereocenters. The zero-order valence-electron chi connectivity index (χ0n) is 11.7. The molecule has 3 rings (SSSR count). The zero-order chi connectivity index (χ0) is 14.3. The second kappa shape index (κ2) is 5.00. The standard InChI is InChI=1S/C15H18BNO3/c1-16(19)17-8-11(9-20-2)14-13(17)7-10-5-3-4-6-12(10)15(14)18/h3-7,11,18-19H,8-9H2,1-2H3/t11-/m0/s1. The van der Waals surface area contributed by atoms with Crippen molar-refractivity contribution in [1.29, 1.82) is 0 Å². The second-order valence-electron chi connectivity index (χ2n) is 5.32. The lowest BCUT2D eigenvalue weighted by Crippen LogP contribution is -2.36. The van der Waals surface area contributed by atoms with Crippen molar-refractivity contribution in [2.45, 2.75) is 12.7 Å². The van der Waals surface area contributed by atoms with Gasteiger partial charge in [0.15, 0.2) is 0 Å². The Bertz CT molecular complexity index is 644. The summed E-state index contributed by atoms with van der Waals surface area (Å²) in [6.45, 7) is 2.93. The van der Waals surface area contributed by atoms with Crippen molar-refractivity contribution in [3.8, 4) is 5.75 Å². The highest BCUT2D eigenvalue weighted by molar-refractivity contribution is 6.54. The number of aromatic hydroxyl groups is 1. The molecule has 20 heavy (non-hydrogen) atoms. The largest absolute Gasteiger partial charge is 0.507 e. The van der Waals surface area contributed by atoms with Crippen LogP contribution in [0.2, 0.25) is 6.82 Å². The Morgan fingerprint density at radius 2 is 2.15 bits per heavy atom. The molecule has 0 radical (unpaired) electrons. The number of methoxy groups -OCH3 is 1. The highest BCUT2D eigenvalue weighted by Gasteiger charge is 2.35. The molecule has 1 aliphatic rings. The number of phenols is 1. The number of nitrogens with zero attached hydrogens (tertiary/aromatic N) is 1. The van der Waals surface area contributed by atoms with Crippen molar-refractivity contribution in [2.75, 3.05) is 25.1 Å². The van der Waals surface area contributed by atoms with Gasteiger partial charge in [0, 0.05) is 36.2 Å². The molecule has 0 spiro atoms. The van der Waals surface area contributed by atoms with Gasteiger partial charge in [-0.2, -0.15) is 0 Å². The Balaban J connectivity index is 2.23. The van der Waals surface area contributed by atoms with Crippen LogP contribution in [0.25, 0.3) is 10.8 Å². The predicted molar refractivity (Wildman–Crippen MR) is 81.4 cm³/mol. The van der Waals surface area contributed by atoms with Gasteiger partial charge in [-0.25, -0.2) is 0 Å². The first kappa shape index (κ1) is 13.3. The lowest BCUT2D eigenvalue weighted by Gasteiger charge is -2.20. The summed E-state index contributed by atoms with van der Waals surface area (Å²) in [6, 6.07) is 9.79. The summed E-state index contributed by atoms with van der Waals surface area (Å²) >= 11 is 0. The molecule has 0 bridgehead atoms. The lowest BCUT2D eigenvalue weighted by molar-refractivity contribution is 0.182. The second-order valence-corrected chi connectivity index (χ2v) is 5.32. The van der Waals surface area contributed by atoms with Crippen LogP contribution < -0.4 is 4.81 Å². The molecule has 2 N–H and O–H groups in total. The fourth-order valence-electron chi connectivity index (χ4n) is 3.09. The molecule has 0 aromatic heterocycles. The van der Waals surface area contributed by atoms with Gasteiger partial charge < -0.3 is 19.7 Å². The minimum absolute atomic E-state index is 0.0780. The van der Waals surface area contributed by atoms with Gasteiger partial charge in [-0.05, 0) is 18.3 Å². The van der Waals surface area contributed by atoms with Crippen LogP contribution in [0.3, 0.4) is 0 Å². The Morgan fingerprint density at radius 3 is 2.85 bits per heavy atom. The van der Waals surface area contributed by atoms with Crippen molar-refractivity contribution in [1.82, 2.24) is 0 Å². The number of hydrogen-bond acceptors (Lipinski definition) is 4. The van der Waals surface area contributed by atoms with E-state index in [0.29, 0.717) is 18.9 Å². The predicted octanol–water partition coefficient (Wildman–Crippen LogP) is 2.21. The first-order valence-electron chi connectivity index (χ1n) is 6.81. The van der Waals surface area contributed by atoms with Crippen LogP contribution in [0.4, 0.5) is 5.69 Å². The molecule has 104 valence electrons. The molecule has 1 heterocycles. The summed E-state index contributed by atoms with van der Waals surface area (Å²) in [6.07, 6.45) is 0. The average molecular weight is 271 g/mol. The van der Waals surface area contributed by atoms with Gasteiger partial charge in [0.05, 0.1) is 6.61 Å². The highest BCUT2D eigenvalue weighted by Crippen LogP contribution is 2.46. The Kier molecular flexibility index (Phi) is 3.32. The van der Waals surface area contributed by atoms with Crippen molar-refractivity contribution in [3.63, 3.8) is 0 Å². The molecule has 1 aliphatic heterocycles. The quantitative estimate of drug-likeness (QED) is 0.840. The van der Waals surface area contributed by atoms with Crippen LogP contribution in [0.1, 0.15) is 11.5 Å². The summed E-state index contributed by atoms with van der Waals surface area (Å²) in [5.74, 6) is 0.387.